The Labute approximate surface area is 119 Å². The maximum Gasteiger partial charge on any atom is 0.295 e. The van der Waals surface area contributed by atoms with Crippen molar-refractivity contribution in [2.24, 2.45) is 0 Å². The topological polar surface area (TPSA) is 71.3 Å². The van der Waals surface area contributed by atoms with E-state index in [-0.39, 0.29) is 5.09 Å². The minimum atomic E-state index is -3.69. The molecule has 0 saturated carbocycles. The van der Waals surface area contributed by atoms with Gasteiger partial charge in [-0.25, -0.2) is 0 Å². The molecule has 0 fully saturated rings. The highest BCUT2D eigenvalue weighted by atomic mass is 32.2. The van der Waals surface area contributed by atoms with Crippen LogP contribution >= 0.6 is 0 Å². The van der Waals surface area contributed by atoms with E-state index in [1.54, 1.807) is 19.2 Å². The summed E-state index contributed by atoms with van der Waals surface area (Å²) in [5.41, 5.74) is 2.50. The van der Waals surface area contributed by atoms with Crippen molar-refractivity contribution in [3.8, 4) is 0 Å². The maximum atomic E-state index is 12.3. The van der Waals surface area contributed by atoms with E-state index in [0.717, 1.165) is 11.1 Å². The smallest absolute Gasteiger partial charge is 0.295 e. The first-order valence-electron chi connectivity index (χ1n) is 6.26. The Balaban J connectivity index is 2.28. The molecule has 2 rings (SSSR count). The van der Waals surface area contributed by atoms with Crippen LogP contribution in [0.4, 0.5) is 5.69 Å². The number of anilines is 1. The van der Waals surface area contributed by atoms with Crippen molar-refractivity contribution >= 4 is 15.7 Å². The number of aryl methyl sites for hydroxylation is 1. The van der Waals surface area contributed by atoms with Gasteiger partial charge in [0.1, 0.15) is 5.76 Å². The van der Waals surface area contributed by atoms with Gasteiger partial charge in [0, 0.05) is 0 Å². The summed E-state index contributed by atoms with van der Waals surface area (Å²) in [6.45, 7) is 4.30. The molecule has 6 heteroatoms. The number of sulfonamides is 1. The van der Waals surface area contributed by atoms with Crippen LogP contribution in [-0.4, -0.2) is 15.5 Å². The molecule has 1 aromatic heterocycles. The molecule has 0 atom stereocenters. The van der Waals surface area contributed by atoms with Gasteiger partial charge in [-0.1, -0.05) is 12.1 Å². The SMILES string of the molecule is CNCc1ccc(S(=O)(=O)Nc2cccc(C)c2C)o1. The second-order valence-corrected chi connectivity index (χ2v) is 6.22. The van der Waals surface area contributed by atoms with Gasteiger partial charge in [-0.05, 0) is 50.2 Å². The minimum Gasteiger partial charge on any atom is -0.446 e. The zero-order chi connectivity index (χ0) is 14.8. The third-order valence-electron chi connectivity index (χ3n) is 3.10. The van der Waals surface area contributed by atoms with E-state index in [1.807, 2.05) is 26.0 Å². The summed E-state index contributed by atoms with van der Waals surface area (Å²) in [7, 11) is -1.93. The Kier molecular flexibility index (Phi) is 4.15. The van der Waals surface area contributed by atoms with Gasteiger partial charge < -0.3 is 9.73 Å². The van der Waals surface area contributed by atoms with Gasteiger partial charge in [-0.2, -0.15) is 8.42 Å². The second kappa shape index (κ2) is 5.68. The van der Waals surface area contributed by atoms with Crippen LogP contribution in [0.5, 0.6) is 0 Å². The highest BCUT2D eigenvalue weighted by molar-refractivity contribution is 7.92. The molecule has 0 aliphatic rings. The summed E-state index contributed by atoms with van der Waals surface area (Å²) >= 11 is 0. The van der Waals surface area contributed by atoms with Gasteiger partial charge >= 0.3 is 0 Å². The van der Waals surface area contributed by atoms with Crippen molar-refractivity contribution in [3.05, 3.63) is 47.2 Å². The zero-order valence-electron chi connectivity index (χ0n) is 11.7. The Bertz CT molecular complexity index is 705. The molecule has 2 N–H and O–H groups in total. The van der Waals surface area contributed by atoms with Crippen molar-refractivity contribution in [2.75, 3.05) is 11.8 Å². The Morgan fingerprint density at radius 3 is 2.60 bits per heavy atom. The monoisotopic (exact) mass is 294 g/mol. The van der Waals surface area contributed by atoms with Gasteiger partial charge in [0.05, 0.1) is 12.2 Å². The van der Waals surface area contributed by atoms with E-state index in [9.17, 15) is 8.42 Å². The van der Waals surface area contributed by atoms with Gasteiger partial charge in [0.2, 0.25) is 5.09 Å². The summed E-state index contributed by atoms with van der Waals surface area (Å²) in [4.78, 5) is 0. The van der Waals surface area contributed by atoms with E-state index in [2.05, 4.69) is 10.0 Å². The van der Waals surface area contributed by atoms with Crippen molar-refractivity contribution in [1.29, 1.82) is 0 Å². The molecule has 0 unspecified atom stereocenters. The summed E-state index contributed by atoms with van der Waals surface area (Å²) in [6.07, 6.45) is 0. The fraction of sp³-hybridized carbons (Fsp3) is 0.286. The summed E-state index contributed by atoms with van der Waals surface area (Å²) < 4.78 is 32.4. The molecular formula is C14H18N2O3S. The lowest BCUT2D eigenvalue weighted by Crippen LogP contribution is -2.13. The van der Waals surface area contributed by atoms with E-state index in [1.165, 1.54) is 6.07 Å². The number of benzene rings is 1. The number of rotatable bonds is 5. The first-order valence-corrected chi connectivity index (χ1v) is 7.74. The Morgan fingerprint density at radius 1 is 1.15 bits per heavy atom. The van der Waals surface area contributed by atoms with Crippen molar-refractivity contribution < 1.29 is 12.8 Å². The molecule has 0 amide bonds. The van der Waals surface area contributed by atoms with Gasteiger partial charge in [0.15, 0.2) is 0 Å². The number of nitrogens with one attached hydrogen (secondary N) is 2. The molecule has 5 nitrogen and oxygen atoms in total. The predicted octanol–water partition coefficient (Wildman–Crippen LogP) is 2.42. The lowest BCUT2D eigenvalue weighted by Gasteiger charge is -2.10. The molecule has 0 saturated heterocycles. The van der Waals surface area contributed by atoms with Crippen LogP contribution in [0.3, 0.4) is 0 Å². The molecule has 0 aliphatic carbocycles. The van der Waals surface area contributed by atoms with Crippen molar-refractivity contribution in [3.63, 3.8) is 0 Å². The van der Waals surface area contributed by atoms with Crippen molar-refractivity contribution in [2.45, 2.75) is 25.5 Å². The summed E-state index contributed by atoms with van der Waals surface area (Å²) in [5, 5.41) is 2.83. The second-order valence-electron chi connectivity index (χ2n) is 4.60. The zero-order valence-corrected chi connectivity index (χ0v) is 12.5. The van der Waals surface area contributed by atoms with E-state index < -0.39 is 10.0 Å². The largest absolute Gasteiger partial charge is 0.446 e. The average molecular weight is 294 g/mol. The van der Waals surface area contributed by atoms with Gasteiger partial charge in [-0.15, -0.1) is 0 Å². The van der Waals surface area contributed by atoms with Crippen LogP contribution in [0.2, 0.25) is 0 Å². The summed E-state index contributed by atoms with van der Waals surface area (Å²) in [5.74, 6) is 0.578. The van der Waals surface area contributed by atoms with Gasteiger partial charge in [-0.3, -0.25) is 4.72 Å². The van der Waals surface area contributed by atoms with Crippen LogP contribution in [0, 0.1) is 13.8 Å². The number of furan rings is 1. The van der Waals surface area contributed by atoms with E-state index >= 15 is 0 Å². The van der Waals surface area contributed by atoms with E-state index in [4.69, 9.17) is 4.42 Å². The first kappa shape index (κ1) is 14.6. The summed E-state index contributed by atoms with van der Waals surface area (Å²) in [6, 6.07) is 8.59. The molecule has 1 heterocycles. The molecule has 1 aromatic carbocycles. The molecule has 0 bridgehead atoms. The standard InChI is InChI=1S/C14H18N2O3S/c1-10-5-4-6-13(11(10)2)16-20(17,18)14-8-7-12(19-14)9-15-3/h4-8,15-16H,9H2,1-3H3. The van der Waals surface area contributed by atoms with Crippen LogP contribution in [0.15, 0.2) is 39.8 Å². The fourth-order valence-electron chi connectivity index (χ4n) is 1.83. The van der Waals surface area contributed by atoms with Gasteiger partial charge in [0.25, 0.3) is 10.0 Å². The molecule has 20 heavy (non-hydrogen) atoms. The Morgan fingerprint density at radius 2 is 1.90 bits per heavy atom. The van der Waals surface area contributed by atoms with Crippen LogP contribution in [0.25, 0.3) is 0 Å². The lowest BCUT2D eigenvalue weighted by molar-refractivity contribution is 0.408. The number of hydrogen-bond donors (Lipinski definition) is 2. The number of hydrogen-bond acceptors (Lipinski definition) is 4. The van der Waals surface area contributed by atoms with Crippen LogP contribution in [-0.2, 0) is 16.6 Å². The Hall–Kier alpha value is -1.79. The quantitative estimate of drug-likeness (QED) is 0.888. The molecule has 0 spiro atoms. The lowest BCUT2D eigenvalue weighted by atomic mass is 10.1. The van der Waals surface area contributed by atoms with Crippen LogP contribution in [0.1, 0.15) is 16.9 Å². The van der Waals surface area contributed by atoms with Crippen molar-refractivity contribution in [1.82, 2.24) is 5.32 Å². The van der Waals surface area contributed by atoms with E-state index in [0.29, 0.717) is 18.0 Å². The fourth-order valence-corrected chi connectivity index (χ4v) is 2.90. The molecule has 0 radical (unpaired) electrons. The average Bonchev–Trinajstić information content (AvgIpc) is 2.85. The first-order chi connectivity index (χ1) is 9.44. The predicted molar refractivity (Wildman–Crippen MR) is 78.2 cm³/mol. The molecule has 0 aliphatic heterocycles. The molecule has 108 valence electrons. The van der Waals surface area contributed by atoms with Crippen LogP contribution < -0.4 is 10.0 Å². The third-order valence-corrected chi connectivity index (χ3v) is 4.34. The highest BCUT2D eigenvalue weighted by Crippen LogP contribution is 2.23. The molecular weight excluding hydrogens is 276 g/mol. The third kappa shape index (κ3) is 3.02. The normalized spacial score (nSPS) is 11.6. The highest BCUT2D eigenvalue weighted by Gasteiger charge is 2.19. The molecule has 2 aromatic rings. The maximum absolute atomic E-state index is 12.3. The minimum absolute atomic E-state index is 0.0799.